The van der Waals surface area contributed by atoms with E-state index >= 15 is 0 Å². The number of aromatic amines is 1. The van der Waals surface area contributed by atoms with Crippen LogP contribution >= 0.6 is 0 Å². The third-order valence-corrected chi connectivity index (χ3v) is 4.26. The van der Waals surface area contributed by atoms with Gasteiger partial charge in [0.25, 0.3) is 0 Å². The predicted molar refractivity (Wildman–Crippen MR) is 85.4 cm³/mol. The van der Waals surface area contributed by atoms with Crippen molar-refractivity contribution in [2.24, 2.45) is 0 Å². The van der Waals surface area contributed by atoms with E-state index < -0.39 is 0 Å². The highest BCUT2D eigenvalue weighted by Gasteiger charge is 2.21. The minimum absolute atomic E-state index is 0.344. The molecule has 0 aliphatic carbocycles. The summed E-state index contributed by atoms with van der Waals surface area (Å²) in [6, 6.07) is 6.08. The average Bonchev–Trinajstić information content (AvgIpc) is 3.13. The van der Waals surface area contributed by atoms with Gasteiger partial charge in [-0.15, -0.1) is 0 Å². The van der Waals surface area contributed by atoms with Crippen LogP contribution in [0.4, 0.5) is 0 Å². The van der Waals surface area contributed by atoms with E-state index in [0.717, 1.165) is 49.7 Å². The van der Waals surface area contributed by atoms with Crippen LogP contribution in [0.3, 0.4) is 0 Å². The average molecular weight is 300 g/mol. The van der Waals surface area contributed by atoms with Gasteiger partial charge in [0, 0.05) is 43.7 Å². The van der Waals surface area contributed by atoms with Crippen molar-refractivity contribution in [2.75, 3.05) is 13.2 Å². The first-order valence-electron chi connectivity index (χ1n) is 7.96. The van der Waals surface area contributed by atoms with Crippen LogP contribution in [-0.4, -0.2) is 39.3 Å². The standard InChI is InChI=1S/C17H24N4O/c1-13-17(14(2)20-19-13)12-21(11-16-7-5-9-22-16)10-15-6-3-4-8-18-15/h3-4,6,8,16H,5,7,9-12H2,1-2H3,(H,19,20). The highest BCUT2D eigenvalue weighted by molar-refractivity contribution is 5.23. The van der Waals surface area contributed by atoms with Crippen LogP contribution in [-0.2, 0) is 17.8 Å². The zero-order chi connectivity index (χ0) is 15.4. The van der Waals surface area contributed by atoms with E-state index in [4.69, 9.17) is 4.74 Å². The Hall–Kier alpha value is -1.72. The smallest absolute Gasteiger partial charge is 0.0703 e. The molecule has 1 aliphatic heterocycles. The minimum Gasteiger partial charge on any atom is -0.377 e. The summed E-state index contributed by atoms with van der Waals surface area (Å²) in [5.74, 6) is 0. The molecule has 3 heterocycles. The first-order valence-corrected chi connectivity index (χ1v) is 7.96. The number of hydrogen-bond acceptors (Lipinski definition) is 4. The Bertz CT molecular complexity index is 570. The van der Waals surface area contributed by atoms with Crippen LogP contribution < -0.4 is 0 Å². The van der Waals surface area contributed by atoms with Crippen molar-refractivity contribution in [3.8, 4) is 0 Å². The van der Waals surface area contributed by atoms with Gasteiger partial charge in [-0.1, -0.05) is 6.07 Å². The normalized spacial score (nSPS) is 18.2. The molecule has 1 fully saturated rings. The summed E-state index contributed by atoms with van der Waals surface area (Å²) in [5.41, 5.74) is 4.61. The molecule has 0 spiro atoms. The molecule has 2 aromatic rings. The number of H-pyrrole nitrogens is 1. The Labute approximate surface area is 131 Å². The monoisotopic (exact) mass is 300 g/mol. The zero-order valence-corrected chi connectivity index (χ0v) is 13.4. The second-order valence-corrected chi connectivity index (χ2v) is 6.04. The molecule has 0 bridgehead atoms. The van der Waals surface area contributed by atoms with Gasteiger partial charge >= 0.3 is 0 Å². The number of hydrogen-bond donors (Lipinski definition) is 1. The topological polar surface area (TPSA) is 54.0 Å². The molecule has 118 valence electrons. The van der Waals surface area contributed by atoms with Crippen molar-refractivity contribution in [3.63, 3.8) is 0 Å². The summed E-state index contributed by atoms with van der Waals surface area (Å²) < 4.78 is 5.82. The van der Waals surface area contributed by atoms with E-state index in [1.807, 2.05) is 18.3 Å². The molecule has 0 saturated carbocycles. The SMILES string of the molecule is Cc1n[nH]c(C)c1CN(Cc1ccccn1)CC1CCCO1. The Morgan fingerprint density at radius 1 is 1.32 bits per heavy atom. The third kappa shape index (κ3) is 3.72. The van der Waals surface area contributed by atoms with Crippen molar-refractivity contribution >= 4 is 0 Å². The Morgan fingerprint density at radius 2 is 2.23 bits per heavy atom. The Kier molecular flexibility index (Phi) is 4.85. The van der Waals surface area contributed by atoms with Gasteiger partial charge in [0.1, 0.15) is 0 Å². The Balaban J connectivity index is 1.73. The zero-order valence-electron chi connectivity index (χ0n) is 13.4. The number of nitrogens with one attached hydrogen (secondary N) is 1. The molecule has 0 amide bonds. The van der Waals surface area contributed by atoms with E-state index in [-0.39, 0.29) is 0 Å². The maximum Gasteiger partial charge on any atom is 0.0703 e. The molecule has 5 heteroatoms. The molecule has 1 atom stereocenters. The van der Waals surface area contributed by atoms with Crippen molar-refractivity contribution in [3.05, 3.63) is 47.0 Å². The van der Waals surface area contributed by atoms with Crippen LogP contribution in [0, 0.1) is 13.8 Å². The molecule has 22 heavy (non-hydrogen) atoms. The van der Waals surface area contributed by atoms with Crippen LogP contribution in [0.1, 0.15) is 35.5 Å². The number of aromatic nitrogens is 3. The fourth-order valence-electron chi connectivity index (χ4n) is 3.01. The van der Waals surface area contributed by atoms with E-state index in [1.165, 1.54) is 12.0 Å². The minimum atomic E-state index is 0.344. The highest BCUT2D eigenvalue weighted by atomic mass is 16.5. The molecular weight excluding hydrogens is 276 g/mol. The van der Waals surface area contributed by atoms with Gasteiger partial charge in [0.05, 0.1) is 17.5 Å². The van der Waals surface area contributed by atoms with Crippen LogP contribution in [0.5, 0.6) is 0 Å². The van der Waals surface area contributed by atoms with Gasteiger partial charge < -0.3 is 4.74 Å². The van der Waals surface area contributed by atoms with Crippen LogP contribution in [0.15, 0.2) is 24.4 Å². The number of pyridine rings is 1. The van der Waals surface area contributed by atoms with Gasteiger partial charge in [-0.2, -0.15) is 5.10 Å². The first-order chi connectivity index (χ1) is 10.7. The summed E-state index contributed by atoms with van der Waals surface area (Å²) in [4.78, 5) is 6.88. The highest BCUT2D eigenvalue weighted by Crippen LogP contribution is 2.18. The number of aryl methyl sites for hydroxylation is 2. The fraction of sp³-hybridized carbons (Fsp3) is 0.529. The molecule has 1 unspecified atom stereocenters. The second kappa shape index (κ2) is 7.03. The number of ether oxygens (including phenoxy) is 1. The quantitative estimate of drug-likeness (QED) is 0.891. The van der Waals surface area contributed by atoms with E-state index in [1.54, 1.807) is 0 Å². The van der Waals surface area contributed by atoms with Gasteiger partial charge in [0.15, 0.2) is 0 Å². The van der Waals surface area contributed by atoms with Gasteiger partial charge in [-0.25, -0.2) is 0 Å². The predicted octanol–water partition coefficient (Wildman–Crippen LogP) is 2.60. The van der Waals surface area contributed by atoms with Crippen molar-refractivity contribution in [1.82, 2.24) is 20.1 Å². The lowest BCUT2D eigenvalue weighted by Gasteiger charge is -2.25. The van der Waals surface area contributed by atoms with Gasteiger partial charge in [0.2, 0.25) is 0 Å². The Morgan fingerprint density at radius 3 is 2.86 bits per heavy atom. The molecule has 0 aromatic carbocycles. The van der Waals surface area contributed by atoms with Gasteiger partial charge in [-0.3, -0.25) is 15.0 Å². The molecule has 3 rings (SSSR count). The third-order valence-electron chi connectivity index (χ3n) is 4.26. The molecule has 1 saturated heterocycles. The first kappa shape index (κ1) is 15.2. The molecule has 0 radical (unpaired) electrons. The molecule has 1 aliphatic rings. The maximum atomic E-state index is 5.82. The summed E-state index contributed by atoms with van der Waals surface area (Å²) in [5, 5.41) is 7.39. The molecule has 2 aromatic heterocycles. The van der Waals surface area contributed by atoms with E-state index in [0.29, 0.717) is 6.10 Å². The molecular formula is C17H24N4O. The maximum absolute atomic E-state index is 5.82. The second-order valence-electron chi connectivity index (χ2n) is 6.04. The lowest BCUT2D eigenvalue weighted by molar-refractivity contribution is 0.0673. The number of rotatable bonds is 6. The summed E-state index contributed by atoms with van der Waals surface area (Å²) >= 11 is 0. The molecule has 1 N–H and O–H groups in total. The van der Waals surface area contributed by atoms with Gasteiger partial charge in [-0.05, 0) is 38.8 Å². The van der Waals surface area contributed by atoms with Crippen molar-refractivity contribution in [2.45, 2.75) is 45.9 Å². The van der Waals surface area contributed by atoms with E-state index in [2.05, 4.69) is 40.0 Å². The van der Waals surface area contributed by atoms with Crippen molar-refractivity contribution in [1.29, 1.82) is 0 Å². The fourth-order valence-corrected chi connectivity index (χ4v) is 3.01. The summed E-state index contributed by atoms with van der Waals surface area (Å²) in [6.45, 7) is 7.70. The van der Waals surface area contributed by atoms with Crippen molar-refractivity contribution < 1.29 is 4.74 Å². The lowest BCUT2D eigenvalue weighted by Crippen LogP contribution is -2.32. The molecule has 5 nitrogen and oxygen atoms in total. The lowest BCUT2D eigenvalue weighted by atomic mass is 10.1. The largest absolute Gasteiger partial charge is 0.377 e. The number of nitrogens with zero attached hydrogens (tertiary/aromatic N) is 3. The summed E-state index contributed by atoms with van der Waals surface area (Å²) in [7, 11) is 0. The summed E-state index contributed by atoms with van der Waals surface area (Å²) in [6.07, 6.45) is 4.53. The van der Waals surface area contributed by atoms with E-state index in [9.17, 15) is 0 Å². The van der Waals surface area contributed by atoms with Crippen LogP contribution in [0.2, 0.25) is 0 Å². The van der Waals surface area contributed by atoms with Crippen LogP contribution in [0.25, 0.3) is 0 Å².